The molecule has 0 aliphatic heterocycles. The topological polar surface area (TPSA) is 17.1 Å². The first kappa shape index (κ1) is 14.3. The minimum absolute atomic E-state index is 0.354. The number of benzene rings is 1. The molecule has 1 saturated carbocycles. The van der Waals surface area contributed by atoms with Crippen molar-refractivity contribution in [3.05, 3.63) is 35.4 Å². The van der Waals surface area contributed by atoms with Crippen LogP contribution in [0.3, 0.4) is 0 Å². The summed E-state index contributed by atoms with van der Waals surface area (Å²) in [5, 5.41) is 0. The number of ketones is 1. The molecule has 1 heteroatoms. The Morgan fingerprint density at radius 3 is 2.47 bits per heavy atom. The molecule has 104 valence electrons. The summed E-state index contributed by atoms with van der Waals surface area (Å²) < 4.78 is 0. The molecule has 1 aliphatic rings. The third kappa shape index (κ3) is 3.92. The van der Waals surface area contributed by atoms with E-state index in [1.807, 2.05) is 0 Å². The Kier molecular flexibility index (Phi) is 5.18. The van der Waals surface area contributed by atoms with Crippen LogP contribution in [0.1, 0.15) is 56.6 Å². The van der Waals surface area contributed by atoms with E-state index in [0.29, 0.717) is 11.7 Å². The van der Waals surface area contributed by atoms with Crippen LogP contribution >= 0.6 is 0 Å². The van der Waals surface area contributed by atoms with Crippen molar-refractivity contribution in [2.24, 2.45) is 11.8 Å². The Morgan fingerprint density at radius 2 is 1.84 bits per heavy atom. The highest BCUT2D eigenvalue weighted by Crippen LogP contribution is 2.31. The van der Waals surface area contributed by atoms with Crippen LogP contribution in [0.2, 0.25) is 0 Å². The minimum Gasteiger partial charge on any atom is -0.299 e. The van der Waals surface area contributed by atoms with E-state index in [1.54, 1.807) is 0 Å². The van der Waals surface area contributed by atoms with Crippen LogP contribution in [0.15, 0.2) is 24.3 Å². The average molecular weight is 258 g/mol. The maximum absolute atomic E-state index is 12.3. The second-order valence-corrected chi connectivity index (χ2v) is 6.02. The number of Topliss-reactive ketones (excluding diaryl/α,β-unsaturated/α-hetero) is 1. The summed E-state index contributed by atoms with van der Waals surface area (Å²) >= 11 is 0. The Hall–Kier alpha value is -1.11. The molecule has 0 N–H and O–H groups in total. The molecule has 0 atom stereocenters. The zero-order chi connectivity index (χ0) is 13.7. The number of carbonyl (C=O) groups excluding carboxylic acids is 1. The van der Waals surface area contributed by atoms with Crippen molar-refractivity contribution in [1.82, 2.24) is 0 Å². The molecule has 1 fully saturated rings. The number of aryl methyl sites for hydroxylation is 2. The van der Waals surface area contributed by atoms with Gasteiger partial charge in [-0.25, -0.2) is 0 Å². The molecule has 1 aromatic rings. The number of carbonyl (C=O) groups is 1. The van der Waals surface area contributed by atoms with Gasteiger partial charge in [0.2, 0.25) is 0 Å². The minimum atomic E-state index is 0.354. The van der Waals surface area contributed by atoms with Crippen LogP contribution in [0.5, 0.6) is 0 Å². The molecule has 19 heavy (non-hydrogen) atoms. The Labute approximate surface area is 117 Å². The van der Waals surface area contributed by atoms with Crippen molar-refractivity contribution in [2.75, 3.05) is 0 Å². The lowest BCUT2D eigenvalue weighted by atomic mass is 9.78. The first-order valence-electron chi connectivity index (χ1n) is 7.78. The molecule has 0 amide bonds. The summed E-state index contributed by atoms with van der Waals surface area (Å²) in [5.41, 5.74) is 2.64. The van der Waals surface area contributed by atoms with E-state index in [-0.39, 0.29) is 0 Å². The molecule has 0 unspecified atom stereocenters. The van der Waals surface area contributed by atoms with Crippen molar-refractivity contribution in [2.45, 2.75) is 58.8 Å². The average Bonchev–Trinajstić information content (AvgIpc) is 2.46. The monoisotopic (exact) mass is 258 g/mol. The Balaban J connectivity index is 1.81. The molecular weight excluding hydrogens is 232 g/mol. The third-order valence-corrected chi connectivity index (χ3v) is 4.78. The zero-order valence-corrected chi connectivity index (χ0v) is 12.3. The van der Waals surface area contributed by atoms with Gasteiger partial charge in [-0.1, -0.05) is 37.6 Å². The van der Waals surface area contributed by atoms with Crippen LogP contribution in [-0.4, -0.2) is 5.78 Å². The fourth-order valence-corrected chi connectivity index (χ4v) is 3.25. The molecule has 0 heterocycles. The maximum Gasteiger partial charge on any atom is 0.136 e. The summed E-state index contributed by atoms with van der Waals surface area (Å²) in [6.45, 7) is 4.40. The molecule has 2 rings (SSSR count). The fourth-order valence-electron chi connectivity index (χ4n) is 3.25. The highest BCUT2D eigenvalue weighted by molar-refractivity contribution is 5.81. The van der Waals surface area contributed by atoms with Crippen LogP contribution in [0.4, 0.5) is 0 Å². The molecule has 1 nitrogen and oxygen atoms in total. The summed E-state index contributed by atoms with van der Waals surface area (Å²) in [5.74, 6) is 1.73. The van der Waals surface area contributed by atoms with Crippen LogP contribution < -0.4 is 0 Å². The molecule has 0 bridgehead atoms. The van der Waals surface area contributed by atoms with E-state index in [0.717, 1.165) is 31.6 Å². The second kappa shape index (κ2) is 6.88. The van der Waals surface area contributed by atoms with E-state index >= 15 is 0 Å². The van der Waals surface area contributed by atoms with E-state index in [2.05, 4.69) is 38.1 Å². The molecule has 1 aromatic carbocycles. The summed E-state index contributed by atoms with van der Waals surface area (Å²) in [7, 11) is 0. The number of hydrogen-bond donors (Lipinski definition) is 0. The standard InChI is InChI=1S/C18H26O/c1-3-15-8-10-17(11-9-15)18(19)13-12-16-7-5-4-6-14(16)2/h4-7,15,17H,3,8-13H2,1-2H3. The van der Waals surface area contributed by atoms with Gasteiger partial charge in [-0.2, -0.15) is 0 Å². The summed E-state index contributed by atoms with van der Waals surface area (Å²) in [4.78, 5) is 12.3. The lowest BCUT2D eigenvalue weighted by molar-refractivity contribution is -0.124. The number of rotatable bonds is 5. The molecule has 0 aromatic heterocycles. The van der Waals surface area contributed by atoms with Gasteiger partial charge in [0.1, 0.15) is 5.78 Å². The van der Waals surface area contributed by atoms with Gasteiger partial charge >= 0.3 is 0 Å². The predicted octanol–water partition coefficient (Wildman–Crippen LogP) is 4.71. The van der Waals surface area contributed by atoms with Crippen LogP contribution in [0, 0.1) is 18.8 Å². The molecule has 0 radical (unpaired) electrons. The lowest BCUT2D eigenvalue weighted by Gasteiger charge is -2.26. The highest BCUT2D eigenvalue weighted by atomic mass is 16.1. The maximum atomic E-state index is 12.3. The SMILES string of the molecule is CCC1CCC(C(=O)CCc2ccccc2C)CC1. The summed E-state index contributed by atoms with van der Waals surface area (Å²) in [6.07, 6.45) is 7.71. The largest absolute Gasteiger partial charge is 0.299 e. The van der Waals surface area contributed by atoms with E-state index in [9.17, 15) is 4.79 Å². The molecular formula is C18H26O. The van der Waals surface area contributed by atoms with Crippen LogP contribution in [0.25, 0.3) is 0 Å². The first-order chi connectivity index (χ1) is 9.20. The van der Waals surface area contributed by atoms with E-state index in [1.165, 1.54) is 30.4 Å². The molecule has 0 spiro atoms. The van der Waals surface area contributed by atoms with E-state index < -0.39 is 0 Å². The summed E-state index contributed by atoms with van der Waals surface area (Å²) in [6, 6.07) is 8.41. The van der Waals surface area contributed by atoms with Gasteiger partial charge in [0.05, 0.1) is 0 Å². The van der Waals surface area contributed by atoms with Crippen molar-refractivity contribution in [3.8, 4) is 0 Å². The lowest BCUT2D eigenvalue weighted by Crippen LogP contribution is -2.22. The Morgan fingerprint density at radius 1 is 1.16 bits per heavy atom. The van der Waals surface area contributed by atoms with Gasteiger partial charge < -0.3 is 0 Å². The van der Waals surface area contributed by atoms with Gasteiger partial charge in [0.15, 0.2) is 0 Å². The molecule has 1 aliphatic carbocycles. The first-order valence-corrected chi connectivity index (χ1v) is 7.78. The second-order valence-electron chi connectivity index (χ2n) is 6.02. The van der Waals surface area contributed by atoms with Gasteiger partial charge in [0, 0.05) is 12.3 Å². The van der Waals surface area contributed by atoms with Gasteiger partial charge in [-0.15, -0.1) is 0 Å². The predicted molar refractivity (Wildman–Crippen MR) is 80.2 cm³/mol. The van der Waals surface area contributed by atoms with Crippen molar-refractivity contribution >= 4 is 5.78 Å². The van der Waals surface area contributed by atoms with Crippen molar-refractivity contribution in [1.29, 1.82) is 0 Å². The number of hydrogen-bond acceptors (Lipinski definition) is 1. The van der Waals surface area contributed by atoms with E-state index in [4.69, 9.17) is 0 Å². The Bertz CT molecular complexity index is 413. The fraction of sp³-hybridized carbons (Fsp3) is 0.611. The molecule has 0 saturated heterocycles. The van der Waals surface area contributed by atoms with Crippen molar-refractivity contribution in [3.63, 3.8) is 0 Å². The van der Waals surface area contributed by atoms with Crippen LogP contribution in [-0.2, 0) is 11.2 Å². The highest BCUT2D eigenvalue weighted by Gasteiger charge is 2.24. The quantitative estimate of drug-likeness (QED) is 0.747. The van der Waals surface area contributed by atoms with Gasteiger partial charge in [-0.05, 0) is 56.1 Å². The smallest absolute Gasteiger partial charge is 0.136 e. The van der Waals surface area contributed by atoms with Crippen molar-refractivity contribution < 1.29 is 4.79 Å². The van der Waals surface area contributed by atoms with Gasteiger partial charge in [-0.3, -0.25) is 4.79 Å². The normalized spacial score (nSPS) is 23.3. The zero-order valence-electron chi connectivity index (χ0n) is 12.3. The van der Waals surface area contributed by atoms with Gasteiger partial charge in [0.25, 0.3) is 0 Å². The third-order valence-electron chi connectivity index (χ3n) is 4.78.